The first-order valence-electron chi connectivity index (χ1n) is 10.2. The van der Waals surface area contributed by atoms with Crippen LogP contribution in [0.1, 0.15) is 5.56 Å². The second kappa shape index (κ2) is 8.12. The molecule has 0 amide bonds. The van der Waals surface area contributed by atoms with Gasteiger partial charge in [-0.1, -0.05) is 42.5 Å². The molecular weight excluding hydrogens is 422 g/mol. The summed E-state index contributed by atoms with van der Waals surface area (Å²) in [6.07, 6.45) is 1.57. The summed E-state index contributed by atoms with van der Waals surface area (Å²) in [6, 6.07) is 20.1. The fourth-order valence-electron chi connectivity index (χ4n) is 3.56. The highest BCUT2D eigenvalue weighted by Crippen LogP contribution is 2.26. The summed E-state index contributed by atoms with van der Waals surface area (Å²) >= 11 is 0. The number of phenols is 1. The van der Waals surface area contributed by atoms with Gasteiger partial charge in [0.05, 0.1) is 18.4 Å². The number of rotatable bonds is 5. The number of phenolic OH excluding ortho intramolecular Hbond substituents is 1. The zero-order chi connectivity index (χ0) is 22.9. The van der Waals surface area contributed by atoms with Crippen LogP contribution < -0.4 is 16.0 Å². The highest BCUT2D eigenvalue weighted by molar-refractivity contribution is 5.71. The number of nitrogens with zero attached hydrogens (tertiary/aromatic N) is 4. The van der Waals surface area contributed by atoms with Crippen LogP contribution in [0.15, 0.2) is 82.5 Å². The van der Waals surface area contributed by atoms with E-state index in [1.54, 1.807) is 35.0 Å². The Balaban J connectivity index is 1.58. The number of hydrogen-bond donors (Lipinski definition) is 2. The largest absolute Gasteiger partial charge is 0.508 e. The number of aromatic nitrogens is 5. The van der Waals surface area contributed by atoms with Crippen molar-refractivity contribution in [2.75, 3.05) is 0 Å². The molecule has 0 saturated carbocycles. The lowest BCUT2D eigenvalue weighted by atomic mass is 10.1. The standard InChI is InChI=1S/C24H19N5O4/c1-28-22(31)20-21(26-23(28)32)27-24(29(20)14-15-6-5-9-17(30)12-15)33-18-10-11-19(25-13-18)16-7-3-2-4-8-16/h2-13,30H,14H2,1H3,(H,26,32). The molecule has 9 heteroatoms. The zero-order valence-electron chi connectivity index (χ0n) is 17.6. The predicted molar refractivity (Wildman–Crippen MR) is 123 cm³/mol. The van der Waals surface area contributed by atoms with Gasteiger partial charge < -0.3 is 9.84 Å². The molecule has 33 heavy (non-hydrogen) atoms. The maximum absolute atomic E-state index is 12.9. The molecule has 3 heterocycles. The Bertz CT molecular complexity index is 1570. The summed E-state index contributed by atoms with van der Waals surface area (Å²) in [6.45, 7) is 0.192. The Morgan fingerprint density at radius 1 is 1.03 bits per heavy atom. The number of aromatic amines is 1. The number of pyridine rings is 1. The summed E-state index contributed by atoms with van der Waals surface area (Å²) in [5, 5.41) is 9.84. The van der Waals surface area contributed by atoms with Crippen LogP contribution in [0, 0.1) is 0 Å². The summed E-state index contributed by atoms with van der Waals surface area (Å²) in [4.78, 5) is 36.3. The van der Waals surface area contributed by atoms with E-state index < -0.39 is 11.2 Å². The number of H-pyrrole nitrogens is 1. The van der Waals surface area contributed by atoms with Gasteiger partial charge in [-0.15, -0.1) is 0 Å². The van der Waals surface area contributed by atoms with Crippen LogP contribution in [-0.4, -0.2) is 29.2 Å². The van der Waals surface area contributed by atoms with Crippen molar-refractivity contribution in [3.8, 4) is 28.8 Å². The summed E-state index contributed by atoms with van der Waals surface area (Å²) in [7, 11) is 1.39. The number of hydrogen-bond acceptors (Lipinski definition) is 6. The van der Waals surface area contributed by atoms with Gasteiger partial charge in [-0.2, -0.15) is 4.98 Å². The van der Waals surface area contributed by atoms with Crippen molar-refractivity contribution in [1.29, 1.82) is 0 Å². The molecule has 5 aromatic rings. The molecule has 2 aromatic carbocycles. The molecule has 0 bridgehead atoms. The van der Waals surface area contributed by atoms with Gasteiger partial charge in [0.2, 0.25) is 0 Å². The third kappa shape index (κ3) is 3.87. The first kappa shape index (κ1) is 20.3. The van der Waals surface area contributed by atoms with E-state index in [1.165, 1.54) is 7.05 Å². The van der Waals surface area contributed by atoms with E-state index in [0.29, 0.717) is 5.75 Å². The van der Waals surface area contributed by atoms with Crippen LogP contribution in [0.25, 0.3) is 22.4 Å². The molecule has 0 saturated heterocycles. The summed E-state index contributed by atoms with van der Waals surface area (Å²) in [5.74, 6) is 0.516. The maximum atomic E-state index is 12.9. The van der Waals surface area contributed by atoms with E-state index in [9.17, 15) is 14.7 Å². The Hall–Kier alpha value is -4.66. The third-order valence-electron chi connectivity index (χ3n) is 5.24. The molecule has 0 aliphatic heterocycles. The molecule has 9 nitrogen and oxygen atoms in total. The average molecular weight is 441 g/mol. The molecule has 0 unspecified atom stereocenters. The average Bonchev–Trinajstić information content (AvgIpc) is 3.15. The molecule has 0 aliphatic rings. The molecule has 5 rings (SSSR count). The van der Waals surface area contributed by atoms with E-state index in [-0.39, 0.29) is 29.5 Å². The number of benzene rings is 2. The van der Waals surface area contributed by atoms with E-state index in [2.05, 4.69) is 15.0 Å². The van der Waals surface area contributed by atoms with Crippen LogP contribution in [0.3, 0.4) is 0 Å². The van der Waals surface area contributed by atoms with Crippen molar-refractivity contribution in [1.82, 2.24) is 24.1 Å². The quantitative estimate of drug-likeness (QED) is 0.433. The van der Waals surface area contributed by atoms with Crippen molar-refractivity contribution >= 4 is 11.2 Å². The molecule has 0 fully saturated rings. The maximum Gasteiger partial charge on any atom is 0.329 e. The SMILES string of the molecule is Cn1c(=O)[nH]c2nc(Oc3ccc(-c4ccccc4)nc3)n(Cc3cccc(O)c3)c2c1=O. The second-order valence-corrected chi connectivity index (χ2v) is 7.49. The lowest BCUT2D eigenvalue weighted by Crippen LogP contribution is -2.33. The van der Waals surface area contributed by atoms with Crippen molar-refractivity contribution < 1.29 is 9.84 Å². The minimum absolute atomic E-state index is 0.0985. The molecule has 2 N–H and O–H groups in total. The van der Waals surface area contributed by atoms with Gasteiger partial charge in [-0.05, 0) is 29.8 Å². The number of ether oxygens (including phenoxy) is 1. The van der Waals surface area contributed by atoms with E-state index in [4.69, 9.17) is 4.74 Å². The van der Waals surface area contributed by atoms with Gasteiger partial charge in [-0.3, -0.25) is 23.9 Å². The lowest BCUT2D eigenvalue weighted by molar-refractivity contribution is 0.419. The predicted octanol–water partition coefficient (Wildman–Crippen LogP) is 3.03. The summed E-state index contributed by atoms with van der Waals surface area (Å²) < 4.78 is 8.52. The Kier molecular flexibility index (Phi) is 4.98. The first-order chi connectivity index (χ1) is 16.0. The number of fused-ring (bicyclic) bond motifs is 1. The molecule has 0 radical (unpaired) electrons. The first-order valence-corrected chi connectivity index (χ1v) is 10.2. The summed E-state index contributed by atoms with van der Waals surface area (Å²) in [5.41, 5.74) is 1.71. The van der Waals surface area contributed by atoms with Crippen LogP contribution in [0.2, 0.25) is 0 Å². The second-order valence-electron chi connectivity index (χ2n) is 7.49. The Morgan fingerprint density at radius 2 is 1.85 bits per heavy atom. The number of nitrogens with one attached hydrogen (secondary N) is 1. The van der Waals surface area contributed by atoms with Gasteiger partial charge in [0.15, 0.2) is 11.2 Å². The topological polar surface area (TPSA) is 115 Å². The van der Waals surface area contributed by atoms with E-state index >= 15 is 0 Å². The van der Waals surface area contributed by atoms with Crippen LogP contribution >= 0.6 is 0 Å². The Labute approximate surface area is 187 Å². The Morgan fingerprint density at radius 3 is 2.58 bits per heavy atom. The lowest BCUT2D eigenvalue weighted by Gasteiger charge is -2.10. The van der Waals surface area contributed by atoms with Crippen LogP contribution in [-0.2, 0) is 13.6 Å². The fourth-order valence-corrected chi connectivity index (χ4v) is 3.56. The monoisotopic (exact) mass is 441 g/mol. The van der Waals surface area contributed by atoms with E-state index in [0.717, 1.165) is 21.4 Å². The molecular formula is C24H19N5O4. The molecule has 0 spiro atoms. The zero-order valence-corrected chi connectivity index (χ0v) is 17.6. The highest BCUT2D eigenvalue weighted by atomic mass is 16.5. The fraction of sp³-hybridized carbons (Fsp3) is 0.0833. The van der Waals surface area contributed by atoms with Crippen molar-refractivity contribution in [3.63, 3.8) is 0 Å². The smallest absolute Gasteiger partial charge is 0.329 e. The van der Waals surface area contributed by atoms with Crippen molar-refractivity contribution in [2.24, 2.45) is 7.05 Å². The van der Waals surface area contributed by atoms with Gasteiger partial charge in [-0.25, -0.2) is 4.79 Å². The molecule has 3 aromatic heterocycles. The van der Waals surface area contributed by atoms with Gasteiger partial charge >= 0.3 is 11.7 Å². The van der Waals surface area contributed by atoms with E-state index in [1.807, 2.05) is 42.5 Å². The van der Waals surface area contributed by atoms with Crippen LogP contribution in [0.4, 0.5) is 0 Å². The molecule has 0 aliphatic carbocycles. The van der Waals surface area contributed by atoms with Gasteiger partial charge in [0.25, 0.3) is 5.56 Å². The van der Waals surface area contributed by atoms with Gasteiger partial charge in [0, 0.05) is 12.6 Å². The highest BCUT2D eigenvalue weighted by Gasteiger charge is 2.19. The van der Waals surface area contributed by atoms with Gasteiger partial charge in [0.1, 0.15) is 11.5 Å². The normalized spacial score (nSPS) is 11.1. The third-order valence-corrected chi connectivity index (χ3v) is 5.24. The number of imidazole rings is 1. The molecule has 0 atom stereocenters. The minimum atomic E-state index is -0.574. The minimum Gasteiger partial charge on any atom is -0.508 e. The molecule has 164 valence electrons. The van der Waals surface area contributed by atoms with Crippen LogP contribution in [0.5, 0.6) is 17.5 Å². The number of aromatic hydroxyl groups is 1. The van der Waals surface area contributed by atoms with Crippen molar-refractivity contribution in [2.45, 2.75) is 6.54 Å². The van der Waals surface area contributed by atoms with Crippen molar-refractivity contribution in [3.05, 3.63) is 99.3 Å².